The fourth-order valence-electron chi connectivity index (χ4n) is 3.73. The Kier molecular flexibility index (Phi) is 7.69. The summed E-state index contributed by atoms with van der Waals surface area (Å²) in [5, 5.41) is 3.99. The third kappa shape index (κ3) is 5.58. The molecule has 1 N–H and O–H groups in total. The third-order valence-corrected chi connectivity index (χ3v) is 7.39. The average Bonchev–Trinajstić information content (AvgIpc) is 3.30. The Balaban J connectivity index is 1.52. The first-order chi connectivity index (χ1) is 16.1. The topological polar surface area (TPSA) is 61.9 Å². The smallest absolute Gasteiger partial charge is 0.264 e. The summed E-state index contributed by atoms with van der Waals surface area (Å²) in [7, 11) is 1.67. The molecule has 0 atom stereocenters. The largest absolute Gasteiger partial charge is 0.378 e. The lowest BCUT2D eigenvalue weighted by atomic mass is 10.1. The maximum Gasteiger partial charge on any atom is 0.264 e. The summed E-state index contributed by atoms with van der Waals surface area (Å²) < 4.78 is 5.51. The monoisotopic (exact) mass is 481 g/mol. The fourth-order valence-corrected chi connectivity index (χ4v) is 5.51. The van der Waals surface area contributed by atoms with E-state index in [4.69, 9.17) is 4.74 Å². The molecule has 1 saturated heterocycles. The molecule has 1 aromatic heterocycles. The Morgan fingerprint density at radius 1 is 1.09 bits per heavy atom. The maximum atomic E-state index is 13.2. The minimum atomic E-state index is -0.222. The summed E-state index contributed by atoms with van der Waals surface area (Å²) in [6.07, 6.45) is 1.97. The number of nitrogens with zero attached hydrogens (tertiary/aromatic N) is 2. The molecule has 0 bridgehead atoms. The number of carbonyl (C=O) groups is 2. The normalized spacial score (nSPS) is 13.6. The van der Waals surface area contributed by atoms with Gasteiger partial charge in [0.2, 0.25) is 5.91 Å². The molecule has 1 aliphatic rings. The highest BCUT2D eigenvalue weighted by Gasteiger charge is 2.24. The lowest BCUT2D eigenvalue weighted by Crippen LogP contribution is -2.36. The number of anilines is 2. The lowest BCUT2D eigenvalue weighted by Gasteiger charge is -2.28. The second kappa shape index (κ2) is 10.9. The molecular formula is C25H27N3O3S2. The highest BCUT2D eigenvalue weighted by molar-refractivity contribution is 7.98. The van der Waals surface area contributed by atoms with E-state index >= 15 is 0 Å². The molecule has 2 heterocycles. The number of nitrogens with one attached hydrogen (secondary N) is 1. The molecule has 0 spiro atoms. The van der Waals surface area contributed by atoms with Crippen molar-refractivity contribution in [3.63, 3.8) is 0 Å². The van der Waals surface area contributed by atoms with Crippen LogP contribution in [0, 0.1) is 0 Å². The van der Waals surface area contributed by atoms with Gasteiger partial charge in [-0.15, -0.1) is 23.1 Å². The van der Waals surface area contributed by atoms with E-state index in [1.165, 1.54) is 16.2 Å². The Hall–Kier alpha value is -2.81. The average molecular weight is 482 g/mol. The van der Waals surface area contributed by atoms with Crippen LogP contribution in [0.15, 0.2) is 65.6 Å². The number of rotatable bonds is 7. The van der Waals surface area contributed by atoms with E-state index in [0.717, 1.165) is 39.8 Å². The molecule has 2 amide bonds. The van der Waals surface area contributed by atoms with Crippen LogP contribution in [0.25, 0.3) is 11.1 Å². The number of morpholine rings is 1. The number of benzene rings is 2. The zero-order valence-corrected chi connectivity index (χ0v) is 20.4. The molecule has 8 heteroatoms. The number of thiophene rings is 1. The second-order valence-electron chi connectivity index (χ2n) is 7.70. The van der Waals surface area contributed by atoms with Gasteiger partial charge in [-0.2, -0.15) is 0 Å². The molecule has 2 aromatic carbocycles. The molecule has 6 nitrogen and oxygen atoms in total. The van der Waals surface area contributed by atoms with Gasteiger partial charge in [-0.25, -0.2) is 0 Å². The minimum absolute atomic E-state index is 0.0208. The first-order valence-electron chi connectivity index (χ1n) is 10.8. The fraction of sp³-hybridized carbons (Fsp3) is 0.280. The Bertz CT molecular complexity index is 1110. The van der Waals surface area contributed by atoms with E-state index in [0.29, 0.717) is 18.1 Å². The number of likely N-dealkylation sites (N-methyl/N-ethyl adjacent to an activating group) is 1. The summed E-state index contributed by atoms with van der Waals surface area (Å²) >= 11 is 3.05. The third-order valence-electron chi connectivity index (χ3n) is 5.41. The van der Waals surface area contributed by atoms with E-state index in [2.05, 4.69) is 22.3 Å². The van der Waals surface area contributed by atoms with Crippen molar-refractivity contribution < 1.29 is 14.3 Å². The number of ether oxygens (including phenoxy) is 1. The van der Waals surface area contributed by atoms with Crippen LogP contribution in [-0.4, -0.2) is 62.9 Å². The van der Waals surface area contributed by atoms with Gasteiger partial charge in [0.15, 0.2) is 0 Å². The van der Waals surface area contributed by atoms with Gasteiger partial charge in [0, 0.05) is 30.6 Å². The summed E-state index contributed by atoms with van der Waals surface area (Å²) in [6, 6.07) is 19.7. The van der Waals surface area contributed by atoms with Gasteiger partial charge in [-0.3, -0.25) is 9.59 Å². The molecule has 1 fully saturated rings. The quantitative estimate of drug-likeness (QED) is 0.497. The summed E-state index contributed by atoms with van der Waals surface area (Å²) in [5.74, 6) is -0.384. The number of hydrogen-bond donors (Lipinski definition) is 1. The molecule has 1 aliphatic heterocycles. The van der Waals surface area contributed by atoms with Crippen LogP contribution in [0.2, 0.25) is 0 Å². The number of hydrogen-bond acceptors (Lipinski definition) is 6. The van der Waals surface area contributed by atoms with E-state index in [1.807, 2.05) is 54.8 Å². The second-order valence-corrected chi connectivity index (χ2v) is 9.58. The van der Waals surface area contributed by atoms with Crippen molar-refractivity contribution >= 4 is 45.6 Å². The zero-order chi connectivity index (χ0) is 23.2. The highest BCUT2D eigenvalue weighted by Crippen LogP contribution is 2.39. The van der Waals surface area contributed by atoms with Crippen LogP contribution in [-0.2, 0) is 9.53 Å². The molecule has 0 radical (unpaired) electrons. The van der Waals surface area contributed by atoms with Gasteiger partial charge < -0.3 is 19.9 Å². The van der Waals surface area contributed by atoms with E-state index in [1.54, 1.807) is 18.8 Å². The Labute approximate surface area is 202 Å². The summed E-state index contributed by atoms with van der Waals surface area (Å²) in [4.78, 5) is 31.2. The number of thioether (sulfide) groups is 1. The van der Waals surface area contributed by atoms with Crippen molar-refractivity contribution in [2.24, 2.45) is 0 Å². The summed E-state index contributed by atoms with van der Waals surface area (Å²) in [5.41, 5.74) is 2.87. The molecule has 33 heavy (non-hydrogen) atoms. The Morgan fingerprint density at radius 2 is 1.79 bits per heavy atom. The van der Waals surface area contributed by atoms with Crippen LogP contribution in [0.5, 0.6) is 0 Å². The van der Waals surface area contributed by atoms with Gasteiger partial charge >= 0.3 is 0 Å². The van der Waals surface area contributed by atoms with Crippen molar-refractivity contribution in [2.75, 3.05) is 56.4 Å². The van der Waals surface area contributed by atoms with Gasteiger partial charge in [-0.1, -0.05) is 42.5 Å². The molecule has 0 aliphatic carbocycles. The number of para-hydroxylation sites is 1. The van der Waals surface area contributed by atoms with Crippen molar-refractivity contribution in [1.82, 2.24) is 4.90 Å². The van der Waals surface area contributed by atoms with Crippen LogP contribution in [0.3, 0.4) is 0 Å². The first-order valence-corrected chi connectivity index (χ1v) is 12.8. The van der Waals surface area contributed by atoms with Gasteiger partial charge in [0.25, 0.3) is 5.91 Å². The molecule has 4 rings (SSSR count). The van der Waals surface area contributed by atoms with Gasteiger partial charge in [0.1, 0.15) is 0 Å². The highest BCUT2D eigenvalue weighted by atomic mass is 32.2. The number of carbonyl (C=O) groups excluding carboxylic acids is 2. The van der Waals surface area contributed by atoms with Crippen molar-refractivity contribution in [3.8, 4) is 11.1 Å². The standard InChI is InChI=1S/C25H27N3O3S2/c1-27(17-23(29)26-20-10-6-7-11-21(20)32-2)24(30)22-16-19(18-8-4-3-5-9-18)25(33-22)28-12-14-31-15-13-28/h3-11,16H,12-15,17H2,1-2H3,(H,26,29). The molecule has 0 unspecified atom stereocenters. The van der Waals surface area contributed by atoms with Crippen LogP contribution in [0.1, 0.15) is 9.67 Å². The number of amides is 2. The van der Waals surface area contributed by atoms with E-state index < -0.39 is 0 Å². The van der Waals surface area contributed by atoms with Crippen molar-refractivity contribution in [1.29, 1.82) is 0 Å². The Morgan fingerprint density at radius 3 is 2.52 bits per heavy atom. The van der Waals surface area contributed by atoms with Gasteiger partial charge in [0.05, 0.1) is 35.3 Å². The van der Waals surface area contributed by atoms with Crippen molar-refractivity contribution in [2.45, 2.75) is 4.90 Å². The van der Waals surface area contributed by atoms with E-state index in [-0.39, 0.29) is 18.4 Å². The molecule has 0 saturated carbocycles. The predicted molar refractivity (Wildman–Crippen MR) is 137 cm³/mol. The summed E-state index contributed by atoms with van der Waals surface area (Å²) in [6.45, 7) is 2.91. The first kappa shape index (κ1) is 23.4. The minimum Gasteiger partial charge on any atom is -0.378 e. The SMILES string of the molecule is CSc1ccccc1NC(=O)CN(C)C(=O)c1cc(-c2ccccc2)c(N2CCOCC2)s1. The van der Waals surface area contributed by atoms with Gasteiger partial charge in [-0.05, 0) is 30.0 Å². The van der Waals surface area contributed by atoms with Crippen LogP contribution >= 0.6 is 23.1 Å². The molecule has 172 valence electrons. The van der Waals surface area contributed by atoms with Crippen LogP contribution < -0.4 is 10.2 Å². The molecular weight excluding hydrogens is 454 g/mol. The van der Waals surface area contributed by atoms with Crippen LogP contribution in [0.4, 0.5) is 10.7 Å². The lowest BCUT2D eigenvalue weighted by molar-refractivity contribution is -0.116. The molecule has 3 aromatic rings. The predicted octanol–water partition coefficient (Wildman–Crippen LogP) is 4.68. The van der Waals surface area contributed by atoms with E-state index in [9.17, 15) is 9.59 Å². The zero-order valence-electron chi connectivity index (χ0n) is 18.7. The van der Waals surface area contributed by atoms with Crippen molar-refractivity contribution in [3.05, 3.63) is 65.5 Å². The maximum absolute atomic E-state index is 13.2.